The fourth-order valence-corrected chi connectivity index (χ4v) is 7.06. The van der Waals surface area contributed by atoms with Crippen LogP contribution in [0.4, 0.5) is 11.4 Å². The molecule has 3 atom stereocenters. The van der Waals surface area contributed by atoms with Gasteiger partial charge in [0, 0.05) is 60.8 Å². The van der Waals surface area contributed by atoms with Crippen LogP contribution in [0.5, 0.6) is 5.75 Å². The number of aryl methyl sites for hydroxylation is 1. The summed E-state index contributed by atoms with van der Waals surface area (Å²) in [4.78, 5) is 17.6. The predicted molar refractivity (Wildman–Crippen MR) is 204 cm³/mol. The van der Waals surface area contributed by atoms with Crippen molar-refractivity contribution in [3.05, 3.63) is 124 Å². The van der Waals surface area contributed by atoms with Gasteiger partial charge < -0.3 is 19.3 Å². The second-order valence-corrected chi connectivity index (χ2v) is 14.0. The molecule has 3 unspecified atom stereocenters. The SMILES string of the molecule is CCC(COc1ccc(N2CCN(c3ccc(-n4cnn(C(C)CC)c4=O)cc3)CC2)cc1)OC(C)(Cc1ccnnc1)c1ccc(C)cc1Cl. The number of aromatic nitrogens is 5. The van der Waals surface area contributed by atoms with Gasteiger partial charge in [-0.25, -0.2) is 14.0 Å². The van der Waals surface area contributed by atoms with Crippen LogP contribution in [0.3, 0.4) is 0 Å². The van der Waals surface area contributed by atoms with E-state index in [9.17, 15) is 4.79 Å². The highest BCUT2D eigenvalue weighted by molar-refractivity contribution is 6.31. The Balaban J connectivity index is 1.04. The van der Waals surface area contributed by atoms with Crippen molar-refractivity contribution >= 4 is 23.0 Å². The molecule has 0 spiro atoms. The molecule has 1 aliphatic rings. The Morgan fingerprint density at radius 2 is 1.51 bits per heavy atom. The van der Waals surface area contributed by atoms with E-state index in [4.69, 9.17) is 21.1 Å². The fraction of sp³-hybridized carbons (Fsp3) is 0.400. The standard InChI is InChI=1S/C40H48ClN7O3/c1-6-30(4)48-39(49)47(28-44-48)34-11-9-32(10-12-34)45-20-22-46(23-21-45)33-13-15-36(16-14-33)50-27-35(7-2)51-40(5,25-31-18-19-42-43-26-31)37-17-8-29(3)24-38(37)41/h8-19,24,26,28,30,35H,6-7,20-23,25,27H2,1-5H3. The summed E-state index contributed by atoms with van der Waals surface area (Å²) in [5.41, 5.74) is 5.40. The molecule has 0 N–H and O–H groups in total. The normalized spacial score (nSPS) is 15.7. The van der Waals surface area contributed by atoms with Crippen molar-refractivity contribution in [2.24, 2.45) is 0 Å². The van der Waals surface area contributed by atoms with Gasteiger partial charge in [0.2, 0.25) is 0 Å². The molecule has 268 valence electrons. The molecule has 0 amide bonds. The van der Waals surface area contributed by atoms with E-state index in [-0.39, 0.29) is 17.8 Å². The molecule has 6 rings (SSSR count). The first-order valence-electron chi connectivity index (χ1n) is 17.9. The van der Waals surface area contributed by atoms with E-state index in [0.717, 1.165) is 72.8 Å². The Kier molecular flexibility index (Phi) is 11.4. The van der Waals surface area contributed by atoms with Crippen LogP contribution in [0, 0.1) is 6.92 Å². The van der Waals surface area contributed by atoms with E-state index in [2.05, 4.69) is 82.3 Å². The summed E-state index contributed by atoms with van der Waals surface area (Å²) in [7, 11) is 0. The van der Waals surface area contributed by atoms with E-state index in [1.807, 2.05) is 50.2 Å². The predicted octanol–water partition coefficient (Wildman–Crippen LogP) is 7.42. The first kappa shape index (κ1) is 36.1. The second kappa shape index (κ2) is 16.1. The Bertz CT molecular complexity index is 1920. The smallest absolute Gasteiger partial charge is 0.350 e. The fourth-order valence-electron chi connectivity index (χ4n) is 6.62. The molecular formula is C40H48ClN7O3. The number of benzene rings is 3. The lowest BCUT2D eigenvalue weighted by Gasteiger charge is -2.37. The van der Waals surface area contributed by atoms with Crippen LogP contribution in [0.2, 0.25) is 5.02 Å². The number of hydrogen-bond donors (Lipinski definition) is 0. The molecule has 10 nitrogen and oxygen atoms in total. The molecule has 0 aliphatic carbocycles. The lowest BCUT2D eigenvalue weighted by atomic mass is 9.88. The van der Waals surface area contributed by atoms with Gasteiger partial charge in [0.15, 0.2) is 0 Å². The number of rotatable bonds is 14. The third kappa shape index (κ3) is 8.45. The molecule has 1 saturated heterocycles. The largest absolute Gasteiger partial charge is 0.491 e. The van der Waals surface area contributed by atoms with Crippen molar-refractivity contribution in [3.63, 3.8) is 0 Å². The highest BCUT2D eigenvalue weighted by atomic mass is 35.5. The summed E-state index contributed by atoms with van der Waals surface area (Å²) in [5, 5.41) is 13.0. The van der Waals surface area contributed by atoms with Crippen LogP contribution in [0.15, 0.2) is 96.3 Å². The van der Waals surface area contributed by atoms with Crippen LogP contribution >= 0.6 is 11.6 Å². The third-order valence-corrected chi connectivity index (χ3v) is 10.2. The molecule has 0 radical (unpaired) electrons. The van der Waals surface area contributed by atoms with E-state index in [1.165, 1.54) is 5.69 Å². The summed E-state index contributed by atoms with van der Waals surface area (Å²) >= 11 is 6.78. The van der Waals surface area contributed by atoms with Gasteiger partial charge in [0.1, 0.15) is 18.7 Å². The van der Waals surface area contributed by atoms with Crippen LogP contribution in [-0.4, -0.2) is 63.4 Å². The monoisotopic (exact) mass is 709 g/mol. The summed E-state index contributed by atoms with van der Waals surface area (Å²) < 4.78 is 16.3. The van der Waals surface area contributed by atoms with Crippen molar-refractivity contribution < 1.29 is 9.47 Å². The molecule has 11 heteroatoms. The van der Waals surface area contributed by atoms with Crippen molar-refractivity contribution in [2.75, 3.05) is 42.6 Å². The van der Waals surface area contributed by atoms with E-state index >= 15 is 0 Å². The second-order valence-electron chi connectivity index (χ2n) is 13.6. The minimum atomic E-state index is -0.692. The maximum Gasteiger partial charge on any atom is 0.350 e. The first-order valence-corrected chi connectivity index (χ1v) is 18.2. The first-order chi connectivity index (χ1) is 24.7. The average Bonchev–Trinajstić information content (AvgIpc) is 3.54. The molecule has 0 saturated carbocycles. The summed E-state index contributed by atoms with van der Waals surface area (Å²) in [6.07, 6.45) is 7.15. The Hall–Kier alpha value is -4.67. The van der Waals surface area contributed by atoms with E-state index in [1.54, 1.807) is 28.0 Å². The maximum atomic E-state index is 12.8. The van der Waals surface area contributed by atoms with Gasteiger partial charge in [-0.2, -0.15) is 15.3 Å². The number of hydrogen-bond acceptors (Lipinski definition) is 8. The lowest BCUT2D eigenvalue weighted by Crippen LogP contribution is -2.46. The summed E-state index contributed by atoms with van der Waals surface area (Å²) in [5.74, 6) is 0.807. The maximum absolute atomic E-state index is 12.8. The van der Waals surface area contributed by atoms with E-state index < -0.39 is 5.60 Å². The Morgan fingerprint density at radius 1 is 0.863 bits per heavy atom. The van der Waals surface area contributed by atoms with Crippen molar-refractivity contribution in [3.8, 4) is 11.4 Å². The molecule has 1 aliphatic heterocycles. The molecule has 3 heterocycles. The number of halogens is 1. The number of ether oxygens (including phenoxy) is 2. The Labute approximate surface area is 305 Å². The highest BCUT2D eigenvalue weighted by Gasteiger charge is 2.33. The summed E-state index contributed by atoms with van der Waals surface area (Å²) in [6.45, 7) is 14.3. The molecule has 3 aromatic carbocycles. The quantitative estimate of drug-likeness (QED) is 0.118. The molecular weight excluding hydrogens is 662 g/mol. The minimum absolute atomic E-state index is 0.0695. The van der Waals surface area contributed by atoms with E-state index in [0.29, 0.717) is 18.1 Å². The van der Waals surface area contributed by atoms with Gasteiger partial charge in [-0.05, 0) is 105 Å². The van der Waals surface area contributed by atoms with Crippen molar-refractivity contribution in [2.45, 2.75) is 71.6 Å². The average molecular weight is 710 g/mol. The number of anilines is 2. The van der Waals surface area contributed by atoms with Gasteiger partial charge in [0.05, 0.1) is 29.6 Å². The zero-order valence-electron chi connectivity index (χ0n) is 30.2. The zero-order chi connectivity index (χ0) is 36.0. The van der Waals surface area contributed by atoms with Gasteiger partial charge in [-0.15, -0.1) is 0 Å². The molecule has 51 heavy (non-hydrogen) atoms. The molecule has 1 fully saturated rings. The van der Waals surface area contributed by atoms with Gasteiger partial charge in [0.25, 0.3) is 0 Å². The molecule has 2 aromatic heterocycles. The number of piperazine rings is 1. The lowest BCUT2D eigenvalue weighted by molar-refractivity contribution is -0.102. The van der Waals surface area contributed by atoms with Crippen LogP contribution < -0.4 is 20.2 Å². The van der Waals surface area contributed by atoms with Gasteiger partial charge in [-0.3, -0.25) is 0 Å². The van der Waals surface area contributed by atoms with Crippen LogP contribution in [0.1, 0.15) is 63.3 Å². The number of nitrogens with zero attached hydrogens (tertiary/aromatic N) is 7. The topological polar surface area (TPSA) is 90.5 Å². The highest BCUT2D eigenvalue weighted by Crippen LogP contribution is 2.37. The minimum Gasteiger partial charge on any atom is -0.491 e. The third-order valence-electron chi connectivity index (χ3n) is 9.88. The van der Waals surface area contributed by atoms with Crippen LogP contribution in [-0.2, 0) is 16.8 Å². The molecule has 0 bridgehead atoms. The molecule has 5 aromatic rings. The summed E-state index contributed by atoms with van der Waals surface area (Å²) in [6, 6.07) is 24.6. The van der Waals surface area contributed by atoms with Crippen molar-refractivity contribution in [1.82, 2.24) is 24.5 Å². The Morgan fingerprint density at radius 3 is 2.10 bits per heavy atom. The van der Waals surface area contributed by atoms with Gasteiger partial charge >= 0.3 is 5.69 Å². The zero-order valence-corrected chi connectivity index (χ0v) is 31.0. The van der Waals surface area contributed by atoms with Crippen molar-refractivity contribution in [1.29, 1.82) is 0 Å². The van der Waals surface area contributed by atoms with Crippen LogP contribution in [0.25, 0.3) is 5.69 Å². The van der Waals surface area contributed by atoms with Gasteiger partial charge in [-0.1, -0.05) is 37.6 Å².